The van der Waals surface area contributed by atoms with E-state index < -0.39 is 0 Å². The zero-order valence-corrected chi connectivity index (χ0v) is 10.7. The van der Waals surface area contributed by atoms with E-state index in [1.807, 2.05) is 0 Å². The third-order valence-corrected chi connectivity index (χ3v) is 3.29. The van der Waals surface area contributed by atoms with Gasteiger partial charge in [-0.05, 0) is 32.4 Å². The fourth-order valence-electron chi connectivity index (χ4n) is 2.24. The number of nitrogens with one attached hydrogen (secondary N) is 3. The minimum absolute atomic E-state index is 0.126. The first-order valence-electron chi connectivity index (χ1n) is 6.79. The second-order valence-electron chi connectivity index (χ2n) is 4.78. The minimum atomic E-state index is -0.126. The summed E-state index contributed by atoms with van der Waals surface area (Å²) in [5.74, 6) is 0. The molecule has 104 valence electrons. The molecule has 18 heavy (non-hydrogen) atoms. The van der Waals surface area contributed by atoms with Crippen LogP contribution >= 0.6 is 0 Å². The lowest BCUT2D eigenvalue weighted by Crippen LogP contribution is -2.43. The fraction of sp³-hybridized carbons (Fsp3) is 0.917. The van der Waals surface area contributed by atoms with Crippen molar-refractivity contribution < 1.29 is 14.3 Å². The quantitative estimate of drug-likeness (QED) is 0.599. The zero-order chi connectivity index (χ0) is 12.6. The summed E-state index contributed by atoms with van der Waals surface area (Å²) in [7, 11) is 0. The molecule has 2 aliphatic rings. The van der Waals surface area contributed by atoms with Gasteiger partial charge >= 0.3 is 6.03 Å². The molecule has 2 amide bonds. The maximum absolute atomic E-state index is 11.5. The molecule has 6 nitrogen and oxygen atoms in total. The normalized spacial score (nSPS) is 25.0. The van der Waals surface area contributed by atoms with Gasteiger partial charge in [-0.15, -0.1) is 0 Å². The number of carbonyl (C=O) groups excluding carboxylic acids is 1. The number of amides is 2. The number of hydrogen-bond acceptors (Lipinski definition) is 4. The molecule has 0 aromatic rings. The van der Waals surface area contributed by atoms with Crippen LogP contribution in [-0.4, -0.2) is 57.6 Å². The van der Waals surface area contributed by atoms with Crippen LogP contribution < -0.4 is 16.0 Å². The van der Waals surface area contributed by atoms with Crippen molar-refractivity contribution >= 4 is 6.03 Å². The van der Waals surface area contributed by atoms with Crippen LogP contribution in [0, 0.1) is 0 Å². The van der Waals surface area contributed by atoms with Crippen molar-refractivity contribution in [1.29, 1.82) is 0 Å². The SMILES string of the molecule is O=C(NCCOC1CCNCC1)NC1CCOC1. The maximum Gasteiger partial charge on any atom is 0.315 e. The molecule has 3 N–H and O–H groups in total. The van der Waals surface area contributed by atoms with Crippen molar-refractivity contribution in [2.24, 2.45) is 0 Å². The molecule has 2 saturated heterocycles. The highest BCUT2D eigenvalue weighted by Gasteiger charge is 2.17. The van der Waals surface area contributed by atoms with Crippen molar-refractivity contribution in [1.82, 2.24) is 16.0 Å². The summed E-state index contributed by atoms with van der Waals surface area (Å²) >= 11 is 0. The van der Waals surface area contributed by atoms with Gasteiger partial charge in [-0.3, -0.25) is 0 Å². The van der Waals surface area contributed by atoms with Crippen LogP contribution in [0.3, 0.4) is 0 Å². The second kappa shape index (κ2) is 7.56. The molecule has 1 atom stereocenters. The molecule has 6 heteroatoms. The van der Waals surface area contributed by atoms with Gasteiger partial charge in [0.25, 0.3) is 0 Å². The molecule has 2 fully saturated rings. The highest BCUT2D eigenvalue weighted by atomic mass is 16.5. The van der Waals surface area contributed by atoms with Crippen molar-refractivity contribution in [3.8, 4) is 0 Å². The summed E-state index contributed by atoms with van der Waals surface area (Å²) in [6.07, 6.45) is 3.37. The Morgan fingerprint density at radius 1 is 1.33 bits per heavy atom. The highest BCUT2D eigenvalue weighted by Crippen LogP contribution is 2.06. The molecule has 1 unspecified atom stereocenters. The second-order valence-corrected chi connectivity index (χ2v) is 4.78. The predicted octanol–water partition coefficient (Wildman–Crippen LogP) is -0.157. The van der Waals surface area contributed by atoms with Gasteiger partial charge in [0.2, 0.25) is 0 Å². The lowest BCUT2D eigenvalue weighted by Gasteiger charge is -2.23. The summed E-state index contributed by atoms with van der Waals surface area (Å²) in [6.45, 7) is 4.56. The Balaban J connectivity index is 1.47. The van der Waals surface area contributed by atoms with Crippen LogP contribution in [0.25, 0.3) is 0 Å². The molecule has 0 aromatic carbocycles. The molecule has 2 aliphatic heterocycles. The van der Waals surface area contributed by atoms with Crippen molar-refractivity contribution in [3.05, 3.63) is 0 Å². The summed E-state index contributed by atoms with van der Waals surface area (Å²) < 4.78 is 10.9. The van der Waals surface area contributed by atoms with Gasteiger partial charge < -0.3 is 25.4 Å². The standard InChI is InChI=1S/C12H23N3O3/c16-12(15-10-3-7-17-9-10)14-6-8-18-11-1-4-13-5-2-11/h10-11,13H,1-9H2,(H2,14,15,16). The van der Waals surface area contributed by atoms with Crippen LogP contribution in [0.4, 0.5) is 4.79 Å². The van der Waals surface area contributed by atoms with Crippen molar-refractivity contribution in [2.75, 3.05) is 39.5 Å². The van der Waals surface area contributed by atoms with Gasteiger partial charge in [0, 0.05) is 13.2 Å². The first-order chi connectivity index (χ1) is 8.84. The number of piperidine rings is 1. The van der Waals surface area contributed by atoms with Crippen LogP contribution in [0.1, 0.15) is 19.3 Å². The minimum Gasteiger partial charge on any atom is -0.379 e. The Bertz CT molecular complexity index is 251. The molecule has 0 aliphatic carbocycles. The number of urea groups is 1. The lowest BCUT2D eigenvalue weighted by molar-refractivity contribution is 0.0356. The van der Waals surface area contributed by atoms with Gasteiger partial charge in [-0.2, -0.15) is 0 Å². The Morgan fingerprint density at radius 3 is 2.89 bits per heavy atom. The average molecular weight is 257 g/mol. The van der Waals surface area contributed by atoms with Crippen LogP contribution in [0.5, 0.6) is 0 Å². The molecule has 0 spiro atoms. The third-order valence-electron chi connectivity index (χ3n) is 3.29. The number of ether oxygens (including phenoxy) is 2. The first kappa shape index (κ1) is 13.6. The van der Waals surface area contributed by atoms with E-state index in [1.54, 1.807) is 0 Å². The molecule has 0 radical (unpaired) electrons. The molecule has 0 aromatic heterocycles. The molecule has 2 rings (SSSR count). The third kappa shape index (κ3) is 4.80. The Hall–Kier alpha value is -0.850. The average Bonchev–Trinajstić information content (AvgIpc) is 2.89. The summed E-state index contributed by atoms with van der Waals surface area (Å²) in [6, 6.07) is 0.0368. The summed E-state index contributed by atoms with van der Waals surface area (Å²) in [4.78, 5) is 11.5. The van der Waals surface area contributed by atoms with Gasteiger partial charge in [0.1, 0.15) is 0 Å². The van der Waals surface area contributed by atoms with E-state index in [9.17, 15) is 4.79 Å². The van der Waals surface area contributed by atoms with E-state index in [0.717, 1.165) is 39.0 Å². The van der Waals surface area contributed by atoms with E-state index >= 15 is 0 Å². The van der Waals surface area contributed by atoms with Gasteiger partial charge in [0.15, 0.2) is 0 Å². The van der Waals surface area contributed by atoms with Gasteiger partial charge in [-0.25, -0.2) is 4.79 Å². The topological polar surface area (TPSA) is 71.6 Å². The lowest BCUT2D eigenvalue weighted by atomic mass is 10.1. The van der Waals surface area contributed by atoms with E-state index in [2.05, 4.69) is 16.0 Å². The smallest absolute Gasteiger partial charge is 0.315 e. The number of rotatable bonds is 5. The molecular formula is C12H23N3O3. The maximum atomic E-state index is 11.5. The predicted molar refractivity (Wildman–Crippen MR) is 67.6 cm³/mol. The molecule has 0 bridgehead atoms. The van der Waals surface area contributed by atoms with Crippen molar-refractivity contribution in [2.45, 2.75) is 31.4 Å². The molecular weight excluding hydrogens is 234 g/mol. The molecule has 2 heterocycles. The Kier molecular flexibility index (Phi) is 5.70. The fourth-order valence-corrected chi connectivity index (χ4v) is 2.24. The number of carbonyl (C=O) groups is 1. The van der Waals surface area contributed by atoms with E-state index in [4.69, 9.17) is 9.47 Å². The monoisotopic (exact) mass is 257 g/mol. The van der Waals surface area contributed by atoms with E-state index in [0.29, 0.717) is 25.9 Å². The van der Waals surface area contributed by atoms with Crippen molar-refractivity contribution in [3.63, 3.8) is 0 Å². The Labute approximate surface area is 108 Å². The van der Waals surface area contributed by atoms with E-state index in [1.165, 1.54) is 0 Å². The van der Waals surface area contributed by atoms with Gasteiger partial charge in [-0.1, -0.05) is 0 Å². The first-order valence-corrected chi connectivity index (χ1v) is 6.79. The summed E-state index contributed by atoms with van der Waals surface area (Å²) in [5.41, 5.74) is 0. The van der Waals surface area contributed by atoms with Crippen LogP contribution in [0.2, 0.25) is 0 Å². The molecule has 0 saturated carbocycles. The van der Waals surface area contributed by atoms with Gasteiger partial charge in [0.05, 0.1) is 25.4 Å². The Morgan fingerprint density at radius 2 is 2.17 bits per heavy atom. The van der Waals surface area contributed by atoms with E-state index in [-0.39, 0.29) is 12.1 Å². The zero-order valence-electron chi connectivity index (χ0n) is 10.7. The number of hydrogen-bond donors (Lipinski definition) is 3. The van der Waals surface area contributed by atoms with Crippen LogP contribution in [-0.2, 0) is 9.47 Å². The van der Waals surface area contributed by atoms with Crippen LogP contribution in [0.15, 0.2) is 0 Å². The highest BCUT2D eigenvalue weighted by molar-refractivity contribution is 5.74. The summed E-state index contributed by atoms with van der Waals surface area (Å²) in [5, 5.41) is 8.97. The largest absolute Gasteiger partial charge is 0.379 e.